The molecule has 0 fully saturated rings. The summed E-state index contributed by atoms with van der Waals surface area (Å²) in [6.07, 6.45) is 0. The van der Waals surface area contributed by atoms with E-state index >= 15 is 0 Å². The molecule has 0 atom stereocenters. The zero-order chi connectivity index (χ0) is 14.7. The van der Waals surface area contributed by atoms with Crippen LogP contribution in [0.5, 0.6) is 11.5 Å². The predicted molar refractivity (Wildman–Crippen MR) is 71.9 cm³/mol. The molecule has 20 heavy (non-hydrogen) atoms. The van der Waals surface area contributed by atoms with Crippen LogP contribution < -0.4 is 9.47 Å². The molecule has 0 amide bonds. The zero-order valence-electron chi connectivity index (χ0n) is 11.0. The molecule has 104 valence electrons. The smallest absolute Gasteiger partial charge is 0.335 e. The Hall–Kier alpha value is -2.56. The van der Waals surface area contributed by atoms with Gasteiger partial charge in [-0.15, -0.1) is 0 Å². The van der Waals surface area contributed by atoms with Crippen molar-refractivity contribution in [1.29, 1.82) is 0 Å². The molecule has 0 aliphatic heterocycles. The molecule has 2 rings (SSSR count). The fourth-order valence-electron chi connectivity index (χ4n) is 1.93. The lowest BCUT2D eigenvalue weighted by molar-refractivity contribution is 0.0697. The monoisotopic (exact) mass is 276 g/mol. The number of rotatable bonds is 4. The highest BCUT2D eigenvalue weighted by Gasteiger charge is 2.16. The fourth-order valence-corrected chi connectivity index (χ4v) is 1.93. The van der Waals surface area contributed by atoms with Gasteiger partial charge in [0.25, 0.3) is 0 Å². The van der Waals surface area contributed by atoms with Crippen LogP contribution in [0, 0.1) is 5.82 Å². The van der Waals surface area contributed by atoms with Crippen molar-refractivity contribution in [2.75, 3.05) is 14.2 Å². The molecule has 0 heterocycles. The summed E-state index contributed by atoms with van der Waals surface area (Å²) in [6.45, 7) is 0. The Morgan fingerprint density at radius 2 is 1.75 bits per heavy atom. The topological polar surface area (TPSA) is 55.8 Å². The van der Waals surface area contributed by atoms with E-state index in [4.69, 9.17) is 14.6 Å². The van der Waals surface area contributed by atoms with Crippen molar-refractivity contribution in [2.24, 2.45) is 0 Å². The minimum absolute atomic E-state index is 0.0584. The number of hydrogen-bond acceptors (Lipinski definition) is 3. The van der Waals surface area contributed by atoms with Crippen LogP contribution in [0.3, 0.4) is 0 Å². The molecule has 0 saturated heterocycles. The molecule has 0 saturated carbocycles. The summed E-state index contributed by atoms with van der Waals surface area (Å²) in [4.78, 5) is 11.0. The maximum Gasteiger partial charge on any atom is 0.335 e. The molecule has 0 unspecified atom stereocenters. The largest absolute Gasteiger partial charge is 0.496 e. The summed E-state index contributed by atoms with van der Waals surface area (Å²) >= 11 is 0. The lowest BCUT2D eigenvalue weighted by Crippen LogP contribution is -1.99. The first kappa shape index (κ1) is 13.9. The Balaban J connectivity index is 2.67. The summed E-state index contributed by atoms with van der Waals surface area (Å²) in [5.74, 6) is -1.17. The molecule has 0 bridgehead atoms. The Kier molecular flexibility index (Phi) is 3.89. The van der Waals surface area contributed by atoms with Gasteiger partial charge in [-0.3, -0.25) is 0 Å². The maximum atomic E-state index is 14.3. The summed E-state index contributed by atoms with van der Waals surface area (Å²) < 4.78 is 24.4. The van der Waals surface area contributed by atoms with E-state index in [9.17, 15) is 9.18 Å². The van der Waals surface area contributed by atoms with Crippen LogP contribution >= 0.6 is 0 Å². The standard InChI is InChI=1S/C15H13FO4/c1-19-12-7-6-9(15(17)18)8-11(12)10-4-3-5-13(20-2)14(10)16/h3-8H,1-2H3,(H,17,18). The minimum atomic E-state index is -1.09. The number of ether oxygens (including phenoxy) is 2. The maximum absolute atomic E-state index is 14.3. The predicted octanol–water partition coefficient (Wildman–Crippen LogP) is 3.21. The van der Waals surface area contributed by atoms with E-state index in [0.29, 0.717) is 11.3 Å². The van der Waals surface area contributed by atoms with Gasteiger partial charge in [-0.25, -0.2) is 9.18 Å². The molecule has 2 aromatic carbocycles. The number of carboxylic acid groups (broad SMARTS) is 1. The first-order valence-electron chi connectivity index (χ1n) is 5.82. The van der Waals surface area contributed by atoms with Crippen molar-refractivity contribution in [2.45, 2.75) is 0 Å². The number of halogens is 1. The number of benzene rings is 2. The Morgan fingerprint density at radius 1 is 1.05 bits per heavy atom. The van der Waals surface area contributed by atoms with Gasteiger partial charge < -0.3 is 14.6 Å². The molecule has 2 aromatic rings. The average molecular weight is 276 g/mol. The van der Waals surface area contributed by atoms with Gasteiger partial charge in [-0.2, -0.15) is 0 Å². The van der Waals surface area contributed by atoms with Crippen molar-refractivity contribution in [1.82, 2.24) is 0 Å². The third-order valence-corrected chi connectivity index (χ3v) is 2.92. The lowest BCUT2D eigenvalue weighted by atomic mass is 10.0. The molecule has 0 spiro atoms. The van der Waals surface area contributed by atoms with Gasteiger partial charge in [0.05, 0.1) is 19.8 Å². The van der Waals surface area contributed by atoms with Crippen molar-refractivity contribution in [3.63, 3.8) is 0 Å². The average Bonchev–Trinajstić information content (AvgIpc) is 2.46. The van der Waals surface area contributed by atoms with Crippen molar-refractivity contribution >= 4 is 5.97 Å². The van der Waals surface area contributed by atoms with Crippen LogP contribution in [0.1, 0.15) is 10.4 Å². The summed E-state index contributed by atoms with van der Waals surface area (Å²) in [5, 5.41) is 9.03. The van der Waals surface area contributed by atoms with Gasteiger partial charge in [-0.05, 0) is 24.3 Å². The molecule has 0 aliphatic rings. The minimum Gasteiger partial charge on any atom is -0.496 e. The van der Waals surface area contributed by atoms with Gasteiger partial charge >= 0.3 is 5.97 Å². The summed E-state index contributed by atoms with van der Waals surface area (Å²) in [7, 11) is 2.81. The van der Waals surface area contributed by atoms with Crippen molar-refractivity contribution < 1.29 is 23.8 Å². The van der Waals surface area contributed by atoms with Crippen LogP contribution in [0.15, 0.2) is 36.4 Å². The second-order valence-corrected chi connectivity index (χ2v) is 4.04. The van der Waals surface area contributed by atoms with Gasteiger partial charge in [0.15, 0.2) is 11.6 Å². The van der Waals surface area contributed by atoms with Crippen molar-refractivity contribution in [3.8, 4) is 22.6 Å². The molecule has 4 nitrogen and oxygen atoms in total. The highest BCUT2D eigenvalue weighted by Crippen LogP contribution is 2.35. The molecular weight excluding hydrogens is 263 g/mol. The zero-order valence-corrected chi connectivity index (χ0v) is 11.0. The van der Waals surface area contributed by atoms with Crippen LogP contribution in [0.4, 0.5) is 4.39 Å². The van der Waals surface area contributed by atoms with Crippen LogP contribution in [0.25, 0.3) is 11.1 Å². The van der Waals surface area contributed by atoms with Gasteiger partial charge in [0.1, 0.15) is 5.75 Å². The first-order chi connectivity index (χ1) is 9.58. The number of hydrogen-bond donors (Lipinski definition) is 1. The molecule has 0 radical (unpaired) electrons. The quantitative estimate of drug-likeness (QED) is 0.931. The highest BCUT2D eigenvalue weighted by atomic mass is 19.1. The van der Waals surface area contributed by atoms with Crippen LogP contribution in [0.2, 0.25) is 0 Å². The lowest BCUT2D eigenvalue weighted by Gasteiger charge is -2.12. The van der Waals surface area contributed by atoms with Gasteiger partial charge in [0, 0.05) is 11.1 Å². The second-order valence-electron chi connectivity index (χ2n) is 4.04. The number of aromatic carboxylic acids is 1. The van der Waals surface area contributed by atoms with E-state index in [0.717, 1.165) is 0 Å². The van der Waals surface area contributed by atoms with Crippen molar-refractivity contribution in [3.05, 3.63) is 47.8 Å². The number of carbonyl (C=O) groups is 1. The normalized spacial score (nSPS) is 10.2. The van der Waals surface area contributed by atoms with Gasteiger partial charge in [0.2, 0.25) is 0 Å². The highest BCUT2D eigenvalue weighted by molar-refractivity contribution is 5.90. The third-order valence-electron chi connectivity index (χ3n) is 2.92. The summed E-state index contributed by atoms with van der Waals surface area (Å²) in [6, 6.07) is 8.94. The number of methoxy groups -OCH3 is 2. The van der Waals surface area contributed by atoms with Crippen LogP contribution in [-0.2, 0) is 0 Å². The molecule has 1 N–H and O–H groups in total. The van der Waals surface area contributed by atoms with E-state index in [2.05, 4.69) is 0 Å². The Bertz CT molecular complexity index is 652. The van der Waals surface area contributed by atoms with Crippen LogP contribution in [-0.4, -0.2) is 25.3 Å². The van der Waals surface area contributed by atoms with E-state index < -0.39 is 11.8 Å². The summed E-state index contributed by atoms with van der Waals surface area (Å²) in [5.41, 5.74) is 0.649. The molecule has 0 aliphatic carbocycles. The van der Waals surface area contributed by atoms with Gasteiger partial charge in [-0.1, -0.05) is 12.1 Å². The fraction of sp³-hybridized carbons (Fsp3) is 0.133. The van der Waals surface area contributed by atoms with E-state index in [1.807, 2.05) is 0 Å². The first-order valence-corrected chi connectivity index (χ1v) is 5.82. The second kappa shape index (κ2) is 5.61. The van der Waals surface area contributed by atoms with E-state index in [-0.39, 0.29) is 16.9 Å². The third kappa shape index (κ3) is 2.42. The Morgan fingerprint density at radius 3 is 2.35 bits per heavy atom. The SMILES string of the molecule is COc1ccc(C(=O)O)cc1-c1cccc(OC)c1F. The molecule has 0 aromatic heterocycles. The Labute approximate surface area is 115 Å². The van der Waals surface area contributed by atoms with E-state index in [1.165, 1.54) is 38.5 Å². The van der Waals surface area contributed by atoms with E-state index in [1.54, 1.807) is 12.1 Å². The molecule has 5 heteroatoms. The molecular formula is C15H13FO4. The number of carboxylic acids is 1.